The van der Waals surface area contributed by atoms with Gasteiger partial charge in [0.05, 0.1) is 11.0 Å². The summed E-state index contributed by atoms with van der Waals surface area (Å²) in [5, 5.41) is 10.1. The van der Waals surface area contributed by atoms with Gasteiger partial charge in [0, 0.05) is 16.5 Å². The van der Waals surface area contributed by atoms with Crippen LogP contribution in [0.15, 0.2) is 188 Å². The van der Waals surface area contributed by atoms with Gasteiger partial charge in [0.15, 0.2) is 0 Å². The van der Waals surface area contributed by atoms with Gasteiger partial charge >= 0.3 is 0 Å². The van der Waals surface area contributed by atoms with Gasteiger partial charge in [0.25, 0.3) is 0 Å². The van der Waals surface area contributed by atoms with E-state index in [-0.39, 0.29) is 0 Å². The second-order valence-electron chi connectivity index (χ2n) is 12.8. The first-order chi connectivity index (χ1) is 24.3. The SMILES string of the molecule is c1ccc(-c2ccc3cccc(-c4c5ccccc5c(-c5cccc6c5c5ccccc5n6-c5ccccc5)c5ccccc45)c3c2)cc1. The van der Waals surface area contributed by atoms with Crippen LogP contribution in [0, 0.1) is 0 Å². The lowest BCUT2D eigenvalue weighted by atomic mass is 9.83. The van der Waals surface area contributed by atoms with Gasteiger partial charge in [-0.25, -0.2) is 0 Å². The predicted molar refractivity (Wildman–Crippen MR) is 210 cm³/mol. The van der Waals surface area contributed by atoms with E-state index in [1.54, 1.807) is 0 Å². The number of hydrogen-bond donors (Lipinski definition) is 0. The van der Waals surface area contributed by atoms with Crippen molar-refractivity contribution in [3.05, 3.63) is 188 Å². The van der Waals surface area contributed by atoms with Crippen LogP contribution in [0.25, 0.3) is 93.2 Å². The first-order valence-corrected chi connectivity index (χ1v) is 17.0. The van der Waals surface area contributed by atoms with Gasteiger partial charge < -0.3 is 4.57 Å². The number of fused-ring (bicyclic) bond motifs is 6. The highest BCUT2D eigenvalue weighted by atomic mass is 15.0. The van der Waals surface area contributed by atoms with Crippen LogP contribution >= 0.6 is 0 Å². The maximum Gasteiger partial charge on any atom is 0.0547 e. The predicted octanol–water partition coefficient (Wildman–Crippen LogP) is 13.2. The first kappa shape index (κ1) is 27.7. The smallest absolute Gasteiger partial charge is 0.0547 e. The van der Waals surface area contributed by atoms with Crippen LogP contribution in [-0.4, -0.2) is 4.57 Å². The van der Waals surface area contributed by atoms with Crippen LogP contribution in [0.4, 0.5) is 0 Å². The minimum Gasteiger partial charge on any atom is -0.309 e. The highest BCUT2D eigenvalue weighted by Gasteiger charge is 2.22. The van der Waals surface area contributed by atoms with Gasteiger partial charge in [0.1, 0.15) is 0 Å². The summed E-state index contributed by atoms with van der Waals surface area (Å²) < 4.78 is 2.41. The Hall–Kier alpha value is -6.44. The quantitative estimate of drug-likeness (QED) is 0.172. The lowest BCUT2D eigenvalue weighted by molar-refractivity contribution is 1.18. The van der Waals surface area contributed by atoms with Gasteiger partial charge in [-0.1, -0.05) is 158 Å². The fourth-order valence-corrected chi connectivity index (χ4v) is 8.09. The Kier molecular flexibility index (Phi) is 6.25. The number of rotatable bonds is 4. The van der Waals surface area contributed by atoms with E-state index < -0.39 is 0 Å². The molecule has 0 aliphatic rings. The third kappa shape index (κ3) is 4.26. The molecule has 0 fully saturated rings. The molecule has 1 heteroatoms. The van der Waals surface area contributed by atoms with E-state index in [4.69, 9.17) is 0 Å². The van der Waals surface area contributed by atoms with E-state index in [9.17, 15) is 0 Å². The summed E-state index contributed by atoms with van der Waals surface area (Å²) in [6.45, 7) is 0. The van der Waals surface area contributed by atoms with Crippen molar-refractivity contribution in [3.8, 4) is 39.1 Å². The zero-order valence-electron chi connectivity index (χ0n) is 26.8. The molecule has 0 unspecified atom stereocenters. The Morgan fingerprint density at radius 1 is 0.306 bits per heavy atom. The summed E-state index contributed by atoms with van der Waals surface area (Å²) in [6, 6.07) is 68.7. The molecule has 1 aromatic heterocycles. The molecule has 0 N–H and O–H groups in total. The van der Waals surface area contributed by atoms with Crippen LogP contribution in [-0.2, 0) is 0 Å². The molecule has 0 radical (unpaired) electrons. The summed E-state index contributed by atoms with van der Waals surface area (Å²) >= 11 is 0. The molecule has 0 saturated heterocycles. The van der Waals surface area contributed by atoms with Gasteiger partial charge in [-0.2, -0.15) is 0 Å². The van der Waals surface area contributed by atoms with E-state index in [1.807, 2.05) is 0 Å². The van der Waals surface area contributed by atoms with Gasteiger partial charge in [-0.15, -0.1) is 0 Å². The highest BCUT2D eigenvalue weighted by molar-refractivity contribution is 6.27. The fraction of sp³-hybridized carbons (Fsp3) is 0. The van der Waals surface area contributed by atoms with Gasteiger partial charge in [0.2, 0.25) is 0 Å². The largest absolute Gasteiger partial charge is 0.309 e. The molecule has 49 heavy (non-hydrogen) atoms. The molecular weight excluding hydrogens is 591 g/mol. The molecular formula is C48H31N. The number of para-hydroxylation sites is 2. The zero-order valence-corrected chi connectivity index (χ0v) is 26.8. The van der Waals surface area contributed by atoms with E-state index in [1.165, 1.54) is 93.2 Å². The Morgan fingerprint density at radius 3 is 1.53 bits per heavy atom. The lowest BCUT2D eigenvalue weighted by Crippen LogP contribution is -1.94. The van der Waals surface area contributed by atoms with Crippen molar-refractivity contribution in [3.63, 3.8) is 0 Å². The Bertz CT molecular complexity index is 2800. The van der Waals surface area contributed by atoms with Crippen molar-refractivity contribution in [2.45, 2.75) is 0 Å². The number of hydrogen-bond acceptors (Lipinski definition) is 0. The fourth-order valence-electron chi connectivity index (χ4n) is 8.09. The topological polar surface area (TPSA) is 4.93 Å². The van der Waals surface area contributed by atoms with E-state index in [2.05, 4.69) is 193 Å². The molecule has 0 spiro atoms. The van der Waals surface area contributed by atoms with E-state index in [0.29, 0.717) is 0 Å². The number of nitrogens with zero attached hydrogens (tertiary/aromatic N) is 1. The summed E-state index contributed by atoms with van der Waals surface area (Å²) in [5.41, 5.74) is 11.1. The van der Waals surface area contributed by atoms with Crippen LogP contribution in [0.1, 0.15) is 0 Å². The van der Waals surface area contributed by atoms with Crippen LogP contribution in [0.3, 0.4) is 0 Å². The molecule has 1 heterocycles. The van der Waals surface area contributed by atoms with Crippen molar-refractivity contribution in [2.24, 2.45) is 0 Å². The van der Waals surface area contributed by atoms with Gasteiger partial charge in [-0.05, 0) is 96.0 Å². The number of benzene rings is 9. The molecule has 10 aromatic rings. The average Bonchev–Trinajstić information content (AvgIpc) is 3.52. The molecule has 228 valence electrons. The summed E-state index contributed by atoms with van der Waals surface area (Å²) in [5.74, 6) is 0. The Balaban J connectivity index is 1.32. The third-order valence-corrected chi connectivity index (χ3v) is 10.2. The molecule has 0 aliphatic carbocycles. The van der Waals surface area contributed by atoms with Crippen molar-refractivity contribution in [2.75, 3.05) is 0 Å². The Labute approximate surface area is 284 Å². The maximum absolute atomic E-state index is 2.41. The third-order valence-electron chi connectivity index (χ3n) is 10.2. The minimum absolute atomic E-state index is 1.17. The van der Waals surface area contributed by atoms with Crippen LogP contribution < -0.4 is 0 Å². The van der Waals surface area contributed by atoms with Crippen molar-refractivity contribution >= 4 is 54.1 Å². The lowest BCUT2D eigenvalue weighted by Gasteiger charge is -2.19. The monoisotopic (exact) mass is 621 g/mol. The van der Waals surface area contributed by atoms with Crippen molar-refractivity contribution < 1.29 is 0 Å². The van der Waals surface area contributed by atoms with Crippen molar-refractivity contribution in [1.82, 2.24) is 4.57 Å². The molecule has 0 amide bonds. The zero-order chi connectivity index (χ0) is 32.3. The summed E-state index contributed by atoms with van der Waals surface area (Å²) in [4.78, 5) is 0. The summed E-state index contributed by atoms with van der Waals surface area (Å²) in [7, 11) is 0. The van der Waals surface area contributed by atoms with Crippen LogP contribution in [0.5, 0.6) is 0 Å². The minimum atomic E-state index is 1.17. The van der Waals surface area contributed by atoms with Crippen molar-refractivity contribution in [1.29, 1.82) is 0 Å². The second-order valence-corrected chi connectivity index (χ2v) is 12.8. The normalized spacial score (nSPS) is 11.7. The van der Waals surface area contributed by atoms with E-state index in [0.717, 1.165) is 0 Å². The molecule has 1 nitrogen and oxygen atoms in total. The van der Waals surface area contributed by atoms with E-state index >= 15 is 0 Å². The van der Waals surface area contributed by atoms with Gasteiger partial charge in [-0.3, -0.25) is 0 Å². The molecule has 0 saturated carbocycles. The summed E-state index contributed by atoms with van der Waals surface area (Å²) in [6.07, 6.45) is 0. The molecule has 0 aliphatic heterocycles. The van der Waals surface area contributed by atoms with Crippen LogP contribution in [0.2, 0.25) is 0 Å². The highest BCUT2D eigenvalue weighted by Crippen LogP contribution is 2.48. The average molecular weight is 622 g/mol. The second kappa shape index (κ2) is 11.1. The number of aromatic nitrogens is 1. The molecule has 9 aromatic carbocycles. The Morgan fingerprint density at radius 2 is 0.837 bits per heavy atom. The first-order valence-electron chi connectivity index (χ1n) is 17.0. The maximum atomic E-state index is 2.41. The molecule has 10 rings (SSSR count). The molecule has 0 atom stereocenters. The standard InChI is InChI=1S/C48H31N/c1-3-15-32(16-4-1)34-30-29-33-17-13-25-40(43(33)31-34)46-36-20-7-9-22-38(36)47(39-23-10-8-21-37(39)46)42-26-14-28-45-48(42)41-24-11-12-27-44(41)49(45)35-18-5-2-6-19-35/h1-31H. The molecule has 0 bridgehead atoms.